The lowest BCUT2D eigenvalue weighted by atomic mass is 10.1. The van der Waals surface area contributed by atoms with Crippen molar-refractivity contribution in [2.75, 3.05) is 13.6 Å². The molecule has 3 nitrogen and oxygen atoms in total. The van der Waals surface area contributed by atoms with Crippen LogP contribution in [0.25, 0.3) is 10.9 Å². The fraction of sp³-hybridized carbons (Fsp3) is 0.250. The van der Waals surface area contributed by atoms with Crippen LogP contribution in [0.15, 0.2) is 30.5 Å². The lowest BCUT2D eigenvalue weighted by molar-refractivity contribution is 0.0804. The van der Waals surface area contributed by atoms with Gasteiger partial charge in [0.05, 0.1) is 11.1 Å². The summed E-state index contributed by atoms with van der Waals surface area (Å²) in [5.41, 5.74) is 1.66. The first-order valence-electron chi connectivity index (χ1n) is 5.05. The molecule has 0 bridgehead atoms. The summed E-state index contributed by atoms with van der Waals surface area (Å²) in [6, 6.07) is 7.73. The number of benzene rings is 1. The van der Waals surface area contributed by atoms with E-state index in [1.54, 1.807) is 4.90 Å². The van der Waals surface area contributed by atoms with Gasteiger partial charge in [0.15, 0.2) is 0 Å². The second kappa shape index (κ2) is 3.77. The topological polar surface area (TPSA) is 36.1 Å². The number of nitrogens with zero attached hydrogens (tertiary/aromatic N) is 1. The van der Waals surface area contributed by atoms with Crippen molar-refractivity contribution in [3.8, 4) is 0 Å². The van der Waals surface area contributed by atoms with Gasteiger partial charge in [-0.3, -0.25) is 4.79 Å². The number of para-hydroxylation sites is 1. The standard InChI is InChI=1S/C12H14N2O/c1-3-14(2)12(15)10-6-4-5-9-7-8-13-11(9)10/h4-8,13H,3H2,1-2H3. The van der Waals surface area contributed by atoms with E-state index >= 15 is 0 Å². The largest absolute Gasteiger partial charge is 0.361 e. The first-order valence-corrected chi connectivity index (χ1v) is 5.05. The van der Waals surface area contributed by atoms with Gasteiger partial charge in [0.25, 0.3) is 5.91 Å². The number of amides is 1. The molecule has 0 fully saturated rings. The van der Waals surface area contributed by atoms with Gasteiger partial charge < -0.3 is 9.88 Å². The Hall–Kier alpha value is -1.77. The van der Waals surface area contributed by atoms with Crippen LogP contribution in [0.2, 0.25) is 0 Å². The highest BCUT2D eigenvalue weighted by atomic mass is 16.2. The maximum Gasteiger partial charge on any atom is 0.255 e. The highest BCUT2D eigenvalue weighted by molar-refractivity contribution is 6.05. The summed E-state index contributed by atoms with van der Waals surface area (Å²) in [4.78, 5) is 16.8. The molecule has 0 saturated carbocycles. The minimum atomic E-state index is 0.0607. The number of rotatable bonds is 2. The molecule has 0 aliphatic heterocycles. The molecule has 0 spiro atoms. The Kier molecular flexibility index (Phi) is 2.46. The molecule has 0 unspecified atom stereocenters. The van der Waals surface area contributed by atoms with E-state index in [4.69, 9.17) is 0 Å². The van der Waals surface area contributed by atoms with Gasteiger partial charge in [-0.15, -0.1) is 0 Å². The lowest BCUT2D eigenvalue weighted by Gasteiger charge is -2.14. The molecule has 15 heavy (non-hydrogen) atoms. The minimum Gasteiger partial charge on any atom is -0.361 e. The Balaban J connectivity index is 2.51. The molecule has 3 heteroatoms. The zero-order valence-electron chi connectivity index (χ0n) is 8.95. The van der Waals surface area contributed by atoms with Crippen molar-refractivity contribution < 1.29 is 4.79 Å². The molecule has 1 heterocycles. The summed E-state index contributed by atoms with van der Waals surface area (Å²) in [6.45, 7) is 2.68. The van der Waals surface area contributed by atoms with Gasteiger partial charge in [-0.1, -0.05) is 12.1 Å². The molecule has 0 aliphatic carbocycles. The maximum atomic E-state index is 12.0. The highest BCUT2D eigenvalue weighted by Gasteiger charge is 2.13. The van der Waals surface area contributed by atoms with Crippen molar-refractivity contribution in [2.24, 2.45) is 0 Å². The molecule has 0 radical (unpaired) electrons. The Morgan fingerprint density at radius 1 is 1.40 bits per heavy atom. The van der Waals surface area contributed by atoms with Gasteiger partial charge in [-0.25, -0.2) is 0 Å². The zero-order chi connectivity index (χ0) is 10.8. The molecular formula is C12H14N2O. The predicted molar refractivity (Wildman–Crippen MR) is 60.9 cm³/mol. The summed E-state index contributed by atoms with van der Waals surface area (Å²) < 4.78 is 0. The third kappa shape index (κ3) is 1.61. The number of aromatic nitrogens is 1. The van der Waals surface area contributed by atoms with Crippen LogP contribution < -0.4 is 0 Å². The van der Waals surface area contributed by atoms with Gasteiger partial charge >= 0.3 is 0 Å². The van der Waals surface area contributed by atoms with Crippen molar-refractivity contribution in [1.29, 1.82) is 0 Å². The summed E-state index contributed by atoms with van der Waals surface area (Å²) in [7, 11) is 1.81. The quantitative estimate of drug-likeness (QED) is 0.796. The van der Waals surface area contributed by atoms with Gasteiger partial charge in [0.2, 0.25) is 0 Å². The number of fused-ring (bicyclic) bond motifs is 1. The van der Waals surface area contributed by atoms with Crippen LogP contribution in [0.5, 0.6) is 0 Å². The molecular weight excluding hydrogens is 188 g/mol. The van der Waals surface area contributed by atoms with E-state index < -0.39 is 0 Å². The van der Waals surface area contributed by atoms with Crippen LogP contribution in [0.4, 0.5) is 0 Å². The average Bonchev–Trinajstić information content (AvgIpc) is 2.74. The smallest absolute Gasteiger partial charge is 0.255 e. The number of carbonyl (C=O) groups excluding carboxylic acids is 1. The van der Waals surface area contributed by atoms with Crippen LogP contribution in [0.3, 0.4) is 0 Å². The monoisotopic (exact) mass is 202 g/mol. The van der Waals surface area contributed by atoms with Crippen molar-refractivity contribution in [3.63, 3.8) is 0 Å². The fourth-order valence-corrected chi connectivity index (χ4v) is 1.61. The van der Waals surface area contributed by atoms with E-state index in [0.29, 0.717) is 0 Å². The van der Waals surface area contributed by atoms with Crippen LogP contribution in [-0.4, -0.2) is 29.4 Å². The van der Waals surface area contributed by atoms with E-state index in [2.05, 4.69) is 4.98 Å². The van der Waals surface area contributed by atoms with Crippen LogP contribution in [0.1, 0.15) is 17.3 Å². The Bertz CT molecular complexity index is 487. The molecule has 0 atom stereocenters. The SMILES string of the molecule is CCN(C)C(=O)c1cccc2cc[nH]c12. The molecule has 1 amide bonds. The van der Waals surface area contributed by atoms with E-state index in [9.17, 15) is 4.79 Å². The van der Waals surface area contributed by atoms with Crippen molar-refractivity contribution in [1.82, 2.24) is 9.88 Å². The Morgan fingerprint density at radius 2 is 2.20 bits per heavy atom. The summed E-state index contributed by atoms with van der Waals surface area (Å²) in [5, 5.41) is 1.07. The molecule has 1 N–H and O–H groups in total. The lowest BCUT2D eigenvalue weighted by Crippen LogP contribution is -2.26. The Morgan fingerprint density at radius 3 is 2.93 bits per heavy atom. The predicted octanol–water partition coefficient (Wildman–Crippen LogP) is 2.26. The van der Waals surface area contributed by atoms with E-state index in [1.165, 1.54) is 0 Å². The molecule has 0 aliphatic rings. The van der Waals surface area contributed by atoms with Crippen molar-refractivity contribution in [2.45, 2.75) is 6.92 Å². The number of hydrogen-bond acceptors (Lipinski definition) is 1. The second-order valence-electron chi connectivity index (χ2n) is 3.57. The maximum absolute atomic E-state index is 12.0. The normalized spacial score (nSPS) is 10.5. The molecule has 78 valence electrons. The highest BCUT2D eigenvalue weighted by Crippen LogP contribution is 2.17. The molecule has 1 aromatic carbocycles. The average molecular weight is 202 g/mol. The zero-order valence-corrected chi connectivity index (χ0v) is 8.95. The number of carbonyl (C=O) groups is 1. The Labute approximate surface area is 88.7 Å². The van der Waals surface area contributed by atoms with Crippen LogP contribution >= 0.6 is 0 Å². The summed E-state index contributed by atoms with van der Waals surface area (Å²) >= 11 is 0. The third-order valence-corrected chi connectivity index (χ3v) is 2.64. The van der Waals surface area contributed by atoms with E-state index in [-0.39, 0.29) is 5.91 Å². The van der Waals surface area contributed by atoms with E-state index in [0.717, 1.165) is 23.0 Å². The molecule has 2 rings (SSSR count). The van der Waals surface area contributed by atoms with Gasteiger partial charge in [-0.05, 0) is 19.1 Å². The number of H-pyrrole nitrogens is 1. The number of hydrogen-bond donors (Lipinski definition) is 1. The fourth-order valence-electron chi connectivity index (χ4n) is 1.61. The van der Waals surface area contributed by atoms with Gasteiger partial charge in [0, 0.05) is 25.2 Å². The molecule has 1 aromatic heterocycles. The first kappa shape index (κ1) is 9.77. The van der Waals surface area contributed by atoms with Gasteiger partial charge in [0.1, 0.15) is 0 Å². The third-order valence-electron chi connectivity index (χ3n) is 2.64. The van der Waals surface area contributed by atoms with Crippen molar-refractivity contribution >= 4 is 16.8 Å². The van der Waals surface area contributed by atoms with Crippen LogP contribution in [0, 0.1) is 0 Å². The van der Waals surface area contributed by atoms with Gasteiger partial charge in [-0.2, -0.15) is 0 Å². The summed E-state index contributed by atoms with van der Waals surface area (Å²) in [6.07, 6.45) is 1.85. The van der Waals surface area contributed by atoms with Crippen LogP contribution in [-0.2, 0) is 0 Å². The van der Waals surface area contributed by atoms with Crippen molar-refractivity contribution in [3.05, 3.63) is 36.0 Å². The number of aromatic amines is 1. The number of nitrogens with one attached hydrogen (secondary N) is 1. The minimum absolute atomic E-state index is 0.0607. The summed E-state index contributed by atoms with van der Waals surface area (Å²) in [5.74, 6) is 0.0607. The van der Waals surface area contributed by atoms with E-state index in [1.807, 2.05) is 44.4 Å². The molecule has 2 aromatic rings. The second-order valence-corrected chi connectivity index (χ2v) is 3.57. The first-order chi connectivity index (χ1) is 7.24. The molecule has 0 saturated heterocycles.